The summed E-state index contributed by atoms with van der Waals surface area (Å²) in [5.74, 6) is 0.475. The number of benzene rings is 1. The Bertz CT molecular complexity index is 739. The Morgan fingerprint density at radius 3 is 2.61 bits per heavy atom. The van der Waals surface area contributed by atoms with Crippen molar-refractivity contribution < 1.29 is 14.3 Å². The number of aromatic nitrogens is 1. The molecule has 2 aromatic rings. The molecule has 0 aliphatic carbocycles. The summed E-state index contributed by atoms with van der Waals surface area (Å²) in [6.45, 7) is 4.02. The number of anilines is 1. The first-order valence-corrected chi connectivity index (χ1v) is 7.36. The maximum atomic E-state index is 12.5. The van der Waals surface area contributed by atoms with Gasteiger partial charge in [0.2, 0.25) is 5.91 Å². The largest absolute Gasteiger partial charge is 0.492 e. The highest BCUT2D eigenvalue weighted by Crippen LogP contribution is 2.24. The lowest BCUT2D eigenvalue weighted by molar-refractivity contribution is -0.118. The Balaban J connectivity index is 2.23. The smallest absolute Gasteiger partial charge is 0.293 e. The van der Waals surface area contributed by atoms with E-state index < -0.39 is 6.04 Å². The molecule has 1 amide bonds. The number of para-hydroxylation sites is 2. The maximum Gasteiger partial charge on any atom is 0.293 e. The first kappa shape index (κ1) is 16.6. The lowest BCUT2D eigenvalue weighted by Crippen LogP contribution is -2.31. The molecular weight excluding hydrogens is 296 g/mol. The average molecular weight is 316 g/mol. The van der Waals surface area contributed by atoms with Crippen molar-refractivity contribution in [1.82, 2.24) is 4.57 Å². The minimum atomic E-state index is -0.688. The minimum absolute atomic E-state index is 0.196. The monoisotopic (exact) mass is 316 g/mol. The summed E-state index contributed by atoms with van der Waals surface area (Å²) in [6.07, 6.45) is 1.56. The Morgan fingerprint density at radius 2 is 1.91 bits per heavy atom. The minimum Gasteiger partial charge on any atom is -0.492 e. The second-order valence-corrected chi connectivity index (χ2v) is 4.88. The van der Waals surface area contributed by atoms with E-state index in [0.29, 0.717) is 18.0 Å². The number of nitrogens with one attached hydrogen (secondary N) is 1. The molecule has 0 aliphatic rings. The number of ether oxygens (including phenoxy) is 2. The molecule has 0 radical (unpaired) electrons. The van der Waals surface area contributed by atoms with Crippen molar-refractivity contribution in [2.45, 2.75) is 19.9 Å². The molecule has 1 N–H and O–H groups in total. The second-order valence-electron chi connectivity index (χ2n) is 4.88. The third-order valence-electron chi connectivity index (χ3n) is 3.40. The fourth-order valence-electron chi connectivity index (χ4n) is 2.16. The number of pyridine rings is 1. The van der Waals surface area contributed by atoms with Crippen LogP contribution in [0.2, 0.25) is 0 Å². The molecule has 0 saturated heterocycles. The van der Waals surface area contributed by atoms with Gasteiger partial charge in [0, 0.05) is 6.20 Å². The number of methoxy groups -OCH3 is 1. The van der Waals surface area contributed by atoms with Gasteiger partial charge in [-0.3, -0.25) is 9.59 Å². The molecule has 1 aromatic carbocycles. The number of carbonyl (C=O) groups is 1. The van der Waals surface area contributed by atoms with Gasteiger partial charge in [-0.05, 0) is 38.1 Å². The summed E-state index contributed by atoms with van der Waals surface area (Å²) in [5, 5.41) is 2.79. The Morgan fingerprint density at radius 1 is 1.22 bits per heavy atom. The number of rotatable bonds is 6. The highest BCUT2D eigenvalue weighted by Gasteiger charge is 2.18. The van der Waals surface area contributed by atoms with Crippen molar-refractivity contribution in [3.05, 3.63) is 52.9 Å². The predicted octanol–water partition coefficient (Wildman–Crippen LogP) is 2.46. The standard InChI is InChI=1S/C17H20N2O4/c1-4-23-14-9-6-5-8-13(14)18-16(20)12(2)19-11-7-10-15(22-3)17(19)21/h5-12H,4H2,1-3H3,(H,18,20). The van der Waals surface area contributed by atoms with Gasteiger partial charge in [0.15, 0.2) is 5.75 Å². The van der Waals surface area contributed by atoms with Crippen LogP contribution in [0, 0.1) is 0 Å². The molecule has 1 atom stereocenters. The van der Waals surface area contributed by atoms with E-state index in [1.54, 1.807) is 43.5 Å². The third-order valence-corrected chi connectivity index (χ3v) is 3.40. The zero-order valence-corrected chi connectivity index (χ0v) is 13.4. The van der Waals surface area contributed by atoms with Gasteiger partial charge in [0.1, 0.15) is 11.8 Å². The Kier molecular flexibility index (Phi) is 5.41. The molecule has 0 saturated carbocycles. The first-order valence-electron chi connectivity index (χ1n) is 7.36. The molecule has 122 valence electrons. The zero-order valence-electron chi connectivity index (χ0n) is 13.4. The highest BCUT2D eigenvalue weighted by atomic mass is 16.5. The van der Waals surface area contributed by atoms with Crippen molar-refractivity contribution >= 4 is 11.6 Å². The molecule has 23 heavy (non-hydrogen) atoms. The fraction of sp³-hybridized carbons (Fsp3) is 0.294. The van der Waals surface area contributed by atoms with Crippen LogP contribution in [-0.2, 0) is 4.79 Å². The normalized spacial score (nSPS) is 11.6. The topological polar surface area (TPSA) is 69.6 Å². The van der Waals surface area contributed by atoms with Crippen LogP contribution < -0.4 is 20.3 Å². The lowest BCUT2D eigenvalue weighted by Gasteiger charge is -2.17. The van der Waals surface area contributed by atoms with Crippen LogP contribution >= 0.6 is 0 Å². The molecule has 0 bridgehead atoms. The predicted molar refractivity (Wildman–Crippen MR) is 88.2 cm³/mol. The molecular formula is C17H20N2O4. The van der Waals surface area contributed by atoms with Gasteiger partial charge >= 0.3 is 0 Å². The van der Waals surface area contributed by atoms with E-state index in [0.717, 1.165) is 0 Å². The van der Waals surface area contributed by atoms with Gasteiger partial charge in [-0.2, -0.15) is 0 Å². The van der Waals surface area contributed by atoms with Crippen LogP contribution in [0.5, 0.6) is 11.5 Å². The summed E-state index contributed by atoms with van der Waals surface area (Å²) < 4.78 is 11.8. The Labute approximate surface area is 134 Å². The molecule has 0 spiro atoms. The van der Waals surface area contributed by atoms with Gasteiger partial charge in [-0.1, -0.05) is 12.1 Å². The van der Waals surface area contributed by atoms with Crippen molar-refractivity contribution in [2.75, 3.05) is 19.0 Å². The number of nitrogens with zero attached hydrogens (tertiary/aromatic N) is 1. The second kappa shape index (κ2) is 7.49. The lowest BCUT2D eigenvalue weighted by atomic mass is 10.2. The van der Waals surface area contributed by atoms with E-state index in [9.17, 15) is 9.59 Å². The summed E-state index contributed by atoms with van der Waals surface area (Å²) in [7, 11) is 1.42. The van der Waals surface area contributed by atoms with Crippen LogP contribution in [0.4, 0.5) is 5.69 Å². The van der Waals surface area contributed by atoms with E-state index >= 15 is 0 Å². The van der Waals surface area contributed by atoms with Crippen molar-refractivity contribution in [3.63, 3.8) is 0 Å². The maximum absolute atomic E-state index is 12.5. The molecule has 6 nitrogen and oxygen atoms in total. The van der Waals surface area contributed by atoms with Gasteiger partial charge in [-0.25, -0.2) is 0 Å². The van der Waals surface area contributed by atoms with Crippen LogP contribution in [-0.4, -0.2) is 24.2 Å². The van der Waals surface area contributed by atoms with Crippen LogP contribution in [0.3, 0.4) is 0 Å². The van der Waals surface area contributed by atoms with Crippen molar-refractivity contribution in [3.8, 4) is 11.5 Å². The van der Waals surface area contributed by atoms with Gasteiger partial charge in [-0.15, -0.1) is 0 Å². The SMILES string of the molecule is CCOc1ccccc1NC(=O)C(C)n1cccc(OC)c1=O. The van der Waals surface area contributed by atoms with E-state index in [1.165, 1.54) is 11.7 Å². The Hall–Kier alpha value is -2.76. The summed E-state index contributed by atoms with van der Waals surface area (Å²) in [4.78, 5) is 24.7. The number of hydrogen-bond donors (Lipinski definition) is 1. The number of amides is 1. The highest BCUT2D eigenvalue weighted by molar-refractivity contribution is 5.94. The van der Waals surface area contributed by atoms with Gasteiger partial charge < -0.3 is 19.4 Å². The summed E-state index contributed by atoms with van der Waals surface area (Å²) >= 11 is 0. The summed E-state index contributed by atoms with van der Waals surface area (Å²) in [5.41, 5.74) is 0.220. The first-order chi connectivity index (χ1) is 11.1. The molecule has 0 aliphatic heterocycles. The molecule has 1 unspecified atom stereocenters. The van der Waals surface area contributed by atoms with Gasteiger partial charge in [0.25, 0.3) is 5.56 Å². The molecule has 0 fully saturated rings. The van der Waals surface area contributed by atoms with Crippen LogP contribution in [0.15, 0.2) is 47.4 Å². The van der Waals surface area contributed by atoms with E-state index in [4.69, 9.17) is 9.47 Å². The number of hydrogen-bond acceptors (Lipinski definition) is 4. The fourth-order valence-corrected chi connectivity index (χ4v) is 2.16. The van der Waals surface area contributed by atoms with Crippen molar-refractivity contribution in [2.24, 2.45) is 0 Å². The molecule has 1 heterocycles. The number of carbonyl (C=O) groups excluding carboxylic acids is 1. The molecule has 6 heteroatoms. The molecule has 2 rings (SSSR count). The van der Waals surface area contributed by atoms with Crippen molar-refractivity contribution in [1.29, 1.82) is 0 Å². The zero-order chi connectivity index (χ0) is 16.8. The third kappa shape index (κ3) is 3.71. The summed E-state index contributed by atoms with van der Waals surface area (Å²) in [6, 6.07) is 9.71. The van der Waals surface area contributed by atoms with E-state index in [2.05, 4.69) is 5.32 Å². The van der Waals surface area contributed by atoms with Crippen LogP contribution in [0.25, 0.3) is 0 Å². The quantitative estimate of drug-likeness (QED) is 0.889. The van der Waals surface area contributed by atoms with Gasteiger partial charge in [0.05, 0.1) is 19.4 Å². The average Bonchev–Trinajstić information content (AvgIpc) is 2.56. The molecule has 1 aromatic heterocycles. The van der Waals surface area contributed by atoms with E-state index in [1.807, 2.05) is 13.0 Å². The van der Waals surface area contributed by atoms with E-state index in [-0.39, 0.29) is 17.2 Å². The van der Waals surface area contributed by atoms with Crippen LogP contribution in [0.1, 0.15) is 19.9 Å².